The third kappa shape index (κ3) is 5.60. The van der Waals surface area contributed by atoms with Gasteiger partial charge < -0.3 is 19.3 Å². The third-order valence-electron chi connectivity index (χ3n) is 5.26. The fraction of sp³-hybridized carbons (Fsp3) is 0.400. The van der Waals surface area contributed by atoms with Crippen LogP contribution >= 0.6 is 0 Å². The molecule has 0 unspecified atom stereocenters. The van der Waals surface area contributed by atoms with E-state index in [2.05, 4.69) is 0 Å². The number of rotatable bonds is 10. The molecule has 0 spiro atoms. The van der Waals surface area contributed by atoms with Crippen LogP contribution in [0, 0.1) is 0 Å². The number of nitrogens with zero attached hydrogens (tertiary/aromatic N) is 2. The molecule has 0 aromatic heterocycles. The molecule has 0 atom stereocenters. The Balaban J connectivity index is 1.68. The van der Waals surface area contributed by atoms with Crippen LogP contribution in [-0.2, 0) is 9.47 Å². The van der Waals surface area contributed by atoms with Gasteiger partial charge in [0.1, 0.15) is 0 Å². The van der Waals surface area contributed by atoms with Crippen molar-refractivity contribution in [3.05, 3.63) is 58.7 Å². The van der Waals surface area contributed by atoms with E-state index < -0.39 is 11.9 Å². The lowest BCUT2D eigenvalue weighted by Gasteiger charge is -2.10. The Labute approximate surface area is 188 Å². The second-order valence-electron chi connectivity index (χ2n) is 8.44. The van der Waals surface area contributed by atoms with Crippen LogP contribution in [0.5, 0.6) is 0 Å². The van der Waals surface area contributed by atoms with Gasteiger partial charge in [0.05, 0.1) is 24.3 Å². The van der Waals surface area contributed by atoms with Gasteiger partial charge in [0.15, 0.2) is 5.78 Å². The molecule has 0 bridgehead atoms. The maximum Gasteiger partial charge on any atom is 0.338 e. The number of hydrogen-bond donors (Lipinski definition) is 0. The number of esters is 2. The molecule has 0 aliphatic heterocycles. The minimum Gasteiger partial charge on any atom is -0.462 e. The zero-order valence-electron chi connectivity index (χ0n) is 19.1. The maximum absolute atomic E-state index is 13.0. The van der Waals surface area contributed by atoms with E-state index >= 15 is 0 Å². The number of benzene rings is 2. The van der Waals surface area contributed by atoms with Gasteiger partial charge >= 0.3 is 11.9 Å². The van der Waals surface area contributed by atoms with Crippen molar-refractivity contribution in [2.45, 2.75) is 12.8 Å². The molecule has 0 heterocycles. The van der Waals surface area contributed by atoms with E-state index in [0.29, 0.717) is 35.5 Å². The highest BCUT2D eigenvalue weighted by atomic mass is 16.5. The minimum atomic E-state index is -0.447. The Morgan fingerprint density at radius 2 is 1.09 bits per heavy atom. The molecule has 0 saturated heterocycles. The molecule has 0 N–H and O–H groups in total. The Bertz CT molecular complexity index is 934. The third-order valence-corrected chi connectivity index (χ3v) is 5.26. The lowest BCUT2D eigenvalue weighted by Crippen LogP contribution is -2.16. The number of carbonyl (C=O) groups excluding carboxylic acids is 3. The lowest BCUT2D eigenvalue weighted by molar-refractivity contribution is 0.0484. The molecule has 3 rings (SSSR count). The molecule has 7 nitrogen and oxygen atoms in total. The van der Waals surface area contributed by atoms with Crippen molar-refractivity contribution < 1.29 is 23.9 Å². The zero-order valence-corrected chi connectivity index (χ0v) is 19.1. The van der Waals surface area contributed by atoms with Crippen LogP contribution in [0.3, 0.4) is 0 Å². The molecule has 1 aliphatic carbocycles. The highest BCUT2D eigenvalue weighted by Gasteiger charge is 2.29. The molecule has 32 heavy (non-hydrogen) atoms. The van der Waals surface area contributed by atoms with Crippen molar-refractivity contribution in [2.24, 2.45) is 0 Å². The van der Waals surface area contributed by atoms with Crippen molar-refractivity contribution in [1.29, 1.82) is 0 Å². The van der Waals surface area contributed by atoms with Crippen LogP contribution in [0.1, 0.15) is 49.5 Å². The quantitative estimate of drug-likeness (QED) is 0.356. The predicted molar refractivity (Wildman–Crippen MR) is 122 cm³/mol. The van der Waals surface area contributed by atoms with Crippen LogP contribution in [0.2, 0.25) is 0 Å². The summed E-state index contributed by atoms with van der Waals surface area (Å²) in [5, 5.41) is 0. The van der Waals surface area contributed by atoms with E-state index in [9.17, 15) is 14.4 Å². The smallest absolute Gasteiger partial charge is 0.338 e. The molecule has 170 valence electrons. The summed E-state index contributed by atoms with van der Waals surface area (Å²) < 4.78 is 10.6. The summed E-state index contributed by atoms with van der Waals surface area (Å²) in [5.41, 5.74) is 3.07. The van der Waals surface area contributed by atoms with Gasteiger partial charge in [0.2, 0.25) is 0 Å². The summed E-state index contributed by atoms with van der Waals surface area (Å²) in [5.74, 6) is -1.10. The Kier molecular flexibility index (Phi) is 7.77. The first-order valence-electron chi connectivity index (χ1n) is 10.7. The summed E-state index contributed by atoms with van der Waals surface area (Å²) >= 11 is 0. The number of ketones is 1. The first-order chi connectivity index (χ1) is 15.3. The van der Waals surface area contributed by atoms with E-state index in [1.807, 2.05) is 38.0 Å². The average molecular weight is 439 g/mol. The van der Waals surface area contributed by atoms with Gasteiger partial charge in [-0.25, -0.2) is 9.59 Å². The van der Waals surface area contributed by atoms with Gasteiger partial charge in [0.25, 0.3) is 0 Å². The van der Waals surface area contributed by atoms with Crippen LogP contribution in [0.25, 0.3) is 11.1 Å². The topological polar surface area (TPSA) is 76.1 Å². The van der Waals surface area contributed by atoms with Crippen LogP contribution < -0.4 is 0 Å². The van der Waals surface area contributed by atoms with Gasteiger partial charge in [-0.05, 0) is 76.4 Å². The van der Waals surface area contributed by atoms with Gasteiger partial charge in [-0.1, -0.05) is 12.1 Å². The molecule has 0 saturated carbocycles. The summed E-state index contributed by atoms with van der Waals surface area (Å²) in [6.45, 7) is 2.29. The van der Waals surface area contributed by atoms with Gasteiger partial charge in [0, 0.05) is 24.2 Å². The Hall–Kier alpha value is -3.03. The first-order valence-corrected chi connectivity index (χ1v) is 10.7. The summed E-state index contributed by atoms with van der Waals surface area (Å²) in [6.07, 6.45) is 1.48. The molecule has 0 amide bonds. The van der Waals surface area contributed by atoms with Crippen molar-refractivity contribution in [1.82, 2.24) is 9.80 Å². The van der Waals surface area contributed by atoms with E-state index in [0.717, 1.165) is 37.1 Å². The number of fused-ring (bicyclic) bond motifs is 3. The number of ether oxygens (including phenoxy) is 2. The van der Waals surface area contributed by atoms with Gasteiger partial charge in [-0.15, -0.1) is 0 Å². The maximum atomic E-state index is 13.0. The molecule has 2 aromatic rings. The molecule has 2 aromatic carbocycles. The van der Waals surface area contributed by atoms with E-state index in [1.165, 1.54) is 0 Å². The van der Waals surface area contributed by atoms with Crippen molar-refractivity contribution >= 4 is 17.7 Å². The second kappa shape index (κ2) is 10.5. The fourth-order valence-electron chi connectivity index (χ4n) is 3.59. The summed E-state index contributed by atoms with van der Waals surface area (Å²) in [7, 11) is 7.84. The number of carbonyl (C=O) groups is 3. The van der Waals surface area contributed by atoms with Crippen LogP contribution in [-0.4, -0.2) is 82.0 Å². The largest absolute Gasteiger partial charge is 0.462 e. The molecular formula is C25H30N2O5. The molecule has 7 heteroatoms. The summed E-state index contributed by atoms with van der Waals surface area (Å²) in [6, 6.07) is 10.0. The minimum absolute atomic E-state index is 0.209. The highest BCUT2D eigenvalue weighted by molar-refractivity contribution is 6.22. The first kappa shape index (κ1) is 23.6. The lowest BCUT2D eigenvalue weighted by atomic mass is 10.0. The van der Waals surface area contributed by atoms with Gasteiger partial charge in [-0.3, -0.25) is 4.79 Å². The fourth-order valence-corrected chi connectivity index (χ4v) is 3.59. The van der Waals surface area contributed by atoms with E-state index in [4.69, 9.17) is 9.47 Å². The van der Waals surface area contributed by atoms with Gasteiger partial charge in [-0.2, -0.15) is 0 Å². The van der Waals surface area contributed by atoms with Crippen molar-refractivity contribution in [2.75, 3.05) is 54.5 Å². The van der Waals surface area contributed by atoms with E-state index in [-0.39, 0.29) is 5.78 Å². The highest BCUT2D eigenvalue weighted by Crippen LogP contribution is 2.37. The standard InChI is InChI=1S/C25H30N2O5/c1-26(2)11-5-13-31-24(29)17-7-9-19-20-10-8-18(16-22(20)23(28)21(19)15-17)25(30)32-14-6-12-27(3)4/h7-10,15-16H,5-6,11-14H2,1-4H3. The van der Waals surface area contributed by atoms with Crippen LogP contribution in [0.4, 0.5) is 0 Å². The molecule has 1 aliphatic rings. The number of hydrogen-bond acceptors (Lipinski definition) is 7. The molecule has 0 fully saturated rings. The molecular weight excluding hydrogens is 408 g/mol. The van der Waals surface area contributed by atoms with Crippen molar-refractivity contribution in [3.63, 3.8) is 0 Å². The van der Waals surface area contributed by atoms with Crippen molar-refractivity contribution in [3.8, 4) is 11.1 Å². The zero-order chi connectivity index (χ0) is 23.3. The normalized spacial score (nSPS) is 12.1. The SMILES string of the molecule is CN(C)CCCOC(=O)c1ccc2c(c1)C(=O)c1cc(C(=O)OCCCN(C)C)ccc1-2. The Morgan fingerprint density at radius 3 is 1.47 bits per heavy atom. The predicted octanol–water partition coefficient (Wildman–Crippen LogP) is 3.12. The molecule has 0 radical (unpaired) electrons. The second-order valence-corrected chi connectivity index (χ2v) is 8.44. The van der Waals surface area contributed by atoms with Crippen LogP contribution in [0.15, 0.2) is 36.4 Å². The van der Waals surface area contributed by atoms with E-state index in [1.54, 1.807) is 36.4 Å². The monoisotopic (exact) mass is 438 g/mol. The summed E-state index contributed by atoms with van der Waals surface area (Å²) in [4.78, 5) is 41.8. The average Bonchev–Trinajstić information content (AvgIpc) is 3.04. The Morgan fingerprint density at radius 1 is 0.688 bits per heavy atom.